The second-order valence-electron chi connectivity index (χ2n) is 6.65. The first-order valence-electron chi connectivity index (χ1n) is 9.00. The molecule has 0 aliphatic rings. The average Bonchev–Trinajstić information content (AvgIpc) is 3.08. The molecule has 0 bridgehead atoms. The minimum Gasteiger partial charge on any atom is -0.469 e. The predicted molar refractivity (Wildman–Crippen MR) is 101 cm³/mol. The van der Waals surface area contributed by atoms with Crippen LogP contribution >= 0.6 is 0 Å². The van der Waals surface area contributed by atoms with Gasteiger partial charge in [-0.2, -0.15) is 18.3 Å². The van der Waals surface area contributed by atoms with Gasteiger partial charge >= 0.3 is 12.1 Å². The second kappa shape index (κ2) is 8.46. The highest BCUT2D eigenvalue weighted by atomic mass is 19.4. The number of rotatable bonds is 6. The summed E-state index contributed by atoms with van der Waals surface area (Å²) in [6.07, 6.45) is -1.93. The van der Waals surface area contributed by atoms with E-state index < -0.39 is 11.7 Å². The summed E-state index contributed by atoms with van der Waals surface area (Å²) >= 11 is 0. The molecule has 0 radical (unpaired) electrons. The lowest BCUT2D eigenvalue weighted by molar-refractivity contribution is -0.140. The lowest BCUT2D eigenvalue weighted by atomic mass is 10.1. The Morgan fingerprint density at radius 3 is 2.66 bits per heavy atom. The zero-order valence-corrected chi connectivity index (χ0v) is 16.0. The van der Waals surface area contributed by atoms with Crippen molar-refractivity contribution >= 4 is 5.97 Å². The summed E-state index contributed by atoms with van der Waals surface area (Å²) in [6.45, 7) is 1.85. The molecule has 152 valence electrons. The van der Waals surface area contributed by atoms with Gasteiger partial charge in [0.25, 0.3) is 0 Å². The van der Waals surface area contributed by atoms with Crippen LogP contribution in [0.25, 0.3) is 5.69 Å². The normalized spacial score (nSPS) is 11.5. The highest BCUT2D eigenvalue weighted by Gasteiger charge is 2.30. The van der Waals surface area contributed by atoms with Crippen LogP contribution in [-0.2, 0) is 28.5 Å². The van der Waals surface area contributed by atoms with Crippen LogP contribution in [0.15, 0.2) is 48.7 Å². The maximum atomic E-state index is 13.0. The fraction of sp³-hybridized carbons (Fsp3) is 0.286. The molecule has 2 heterocycles. The number of carbonyl (C=O) groups is 1. The monoisotopic (exact) mass is 403 g/mol. The SMILES string of the molecule is COC(=O)CCc1cc(Cc2cccc(C(F)(F)F)c2)nn1-c1ccnc(C)c1. The van der Waals surface area contributed by atoms with Gasteiger partial charge < -0.3 is 4.74 Å². The largest absolute Gasteiger partial charge is 0.469 e. The molecule has 0 unspecified atom stereocenters. The number of hydrogen-bond donors (Lipinski definition) is 0. The quantitative estimate of drug-likeness (QED) is 0.576. The lowest BCUT2D eigenvalue weighted by Crippen LogP contribution is -2.07. The molecule has 0 aliphatic heterocycles. The maximum Gasteiger partial charge on any atom is 0.416 e. The van der Waals surface area contributed by atoms with E-state index >= 15 is 0 Å². The topological polar surface area (TPSA) is 57.0 Å². The molecule has 0 saturated carbocycles. The standard InChI is InChI=1S/C21H20F3N3O2/c1-14-10-19(8-9-25-14)27-18(6-7-20(28)29-2)13-17(26-27)12-15-4-3-5-16(11-15)21(22,23)24/h3-5,8-11,13H,6-7,12H2,1-2H3. The van der Waals surface area contributed by atoms with Crippen LogP contribution in [0.3, 0.4) is 0 Å². The zero-order chi connectivity index (χ0) is 21.0. The number of hydrogen-bond acceptors (Lipinski definition) is 4. The van der Waals surface area contributed by atoms with E-state index in [1.807, 2.05) is 13.0 Å². The van der Waals surface area contributed by atoms with Gasteiger partial charge in [-0.15, -0.1) is 0 Å². The molecule has 0 fully saturated rings. The highest BCUT2D eigenvalue weighted by molar-refractivity contribution is 5.69. The van der Waals surface area contributed by atoms with E-state index in [1.165, 1.54) is 13.2 Å². The maximum absolute atomic E-state index is 13.0. The van der Waals surface area contributed by atoms with E-state index in [9.17, 15) is 18.0 Å². The third-order valence-corrected chi connectivity index (χ3v) is 4.41. The first-order chi connectivity index (χ1) is 13.8. The van der Waals surface area contributed by atoms with Crippen molar-refractivity contribution in [3.8, 4) is 5.69 Å². The molecular weight excluding hydrogens is 383 g/mol. The number of ether oxygens (including phenoxy) is 1. The van der Waals surface area contributed by atoms with Crippen molar-refractivity contribution in [1.82, 2.24) is 14.8 Å². The summed E-state index contributed by atoms with van der Waals surface area (Å²) in [5.74, 6) is -0.344. The van der Waals surface area contributed by atoms with Crippen LogP contribution < -0.4 is 0 Å². The Hall–Kier alpha value is -3.16. The van der Waals surface area contributed by atoms with Gasteiger partial charge in [0.05, 0.1) is 30.5 Å². The minimum absolute atomic E-state index is 0.176. The predicted octanol–water partition coefficient (Wildman–Crippen LogP) is 4.29. The van der Waals surface area contributed by atoms with E-state index in [4.69, 9.17) is 4.74 Å². The number of aryl methyl sites for hydroxylation is 2. The van der Waals surface area contributed by atoms with Gasteiger partial charge in [0.15, 0.2) is 0 Å². The van der Waals surface area contributed by atoms with Gasteiger partial charge in [-0.3, -0.25) is 9.78 Å². The van der Waals surface area contributed by atoms with Gasteiger partial charge in [0.2, 0.25) is 0 Å². The number of alkyl halides is 3. The van der Waals surface area contributed by atoms with Crippen molar-refractivity contribution in [3.63, 3.8) is 0 Å². The van der Waals surface area contributed by atoms with Gasteiger partial charge in [-0.05, 0) is 36.8 Å². The van der Waals surface area contributed by atoms with Gasteiger partial charge in [0, 0.05) is 30.4 Å². The zero-order valence-electron chi connectivity index (χ0n) is 16.0. The first kappa shape index (κ1) is 20.6. The van der Waals surface area contributed by atoms with Crippen LogP contribution in [0.4, 0.5) is 13.2 Å². The Kier molecular flexibility index (Phi) is 6.00. The van der Waals surface area contributed by atoms with E-state index in [1.54, 1.807) is 29.1 Å². The molecule has 2 aromatic heterocycles. The van der Waals surface area contributed by atoms with E-state index in [0.29, 0.717) is 17.7 Å². The molecule has 3 rings (SSSR count). The third-order valence-electron chi connectivity index (χ3n) is 4.41. The average molecular weight is 403 g/mol. The van der Waals surface area contributed by atoms with Crippen molar-refractivity contribution in [2.75, 3.05) is 7.11 Å². The molecule has 0 spiro atoms. The molecule has 1 aromatic carbocycles. The van der Waals surface area contributed by atoms with Crippen LogP contribution in [-0.4, -0.2) is 27.8 Å². The minimum atomic E-state index is -4.39. The van der Waals surface area contributed by atoms with Crippen molar-refractivity contribution in [3.05, 3.63) is 76.9 Å². The molecule has 0 N–H and O–H groups in total. The summed E-state index contributed by atoms with van der Waals surface area (Å²) < 4.78 is 45.3. The van der Waals surface area contributed by atoms with Crippen molar-refractivity contribution < 1.29 is 22.7 Å². The van der Waals surface area contributed by atoms with Crippen LogP contribution in [0.2, 0.25) is 0 Å². The van der Waals surface area contributed by atoms with Gasteiger partial charge in [0.1, 0.15) is 0 Å². The summed E-state index contributed by atoms with van der Waals surface area (Å²) in [7, 11) is 1.32. The summed E-state index contributed by atoms with van der Waals surface area (Å²) in [5.41, 5.74) is 2.77. The number of halogens is 3. The van der Waals surface area contributed by atoms with E-state index in [0.717, 1.165) is 29.2 Å². The number of benzene rings is 1. The molecule has 0 saturated heterocycles. The molecule has 0 atom stereocenters. The second-order valence-corrected chi connectivity index (χ2v) is 6.65. The van der Waals surface area contributed by atoms with Crippen molar-refractivity contribution in [1.29, 1.82) is 0 Å². The van der Waals surface area contributed by atoms with Crippen LogP contribution in [0.1, 0.15) is 34.6 Å². The highest BCUT2D eigenvalue weighted by Crippen LogP contribution is 2.30. The summed E-state index contributed by atoms with van der Waals surface area (Å²) in [5, 5.41) is 4.57. The number of esters is 1. The first-order valence-corrected chi connectivity index (χ1v) is 9.00. The molecule has 0 amide bonds. The van der Waals surface area contributed by atoms with Gasteiger partial charge in [-0.25, -0.2) is 4.68 Å². The molecule has 3 aromatic rings. The van der Waals surface area contributed by atoms with Crippen molar-refractivity contribution in [2.24, 2.45) is 0 Å². The molecule has 0 aliphatic carbocycles. The third kappa shape index (κ3) is 5.22. The number of methoxy groups -OCH3 is 1. The Labute approximate surface area is 166 Å². The van der Waals surface area contributed by atoms with Crippen molar-refractivity contribution in [2.45, 2.75) is 32.4 Å². The van der Waals surface area contributed by atoms with Crippen LogP contribution in [0.5, 0.6) is 0 Å². The van der Waals surface area contributed by atoms with E-state index in [2.05, 4.69) is 10.1 Å². The summed E-state index contributed by atoms with van der Waals surface area (Å²) in [6, 6.07) is 10.6. The Bertz CT molecular complexity index is 1010. The Balaban J connectivity index is 1.92. The Morgan fingerprint density at radius 1 is 1.17 bits per heavy atom. The van der Waals surface area contributed by atoms with Gasteiger partial charge in [-0.1, -0.05) is 18.2 Å². The number of nitrogens with zero attached hydrogens (tertiary/aromatic N) is 3. The molecule has 29 heavy (non-hydrogen) atoms. The molecule has 5 nitrogen and oxygen atoms in total. The lowest BCUT2D eigenvalue weighted by Gasteiger charge is -2.08. The molecular formula is C21H20F3N3O2. The summed E-state index contributed by atoms with van der Waals surface area (Å²) in [4.78, 5) is 15.7. The van der Waals surface area contributed by atoms with Crippen LogP contribution in [0, 0.1) is 6.92 Å². The smallest absolute Gasteiger partial charge is 0.416 e. The number of aromatic nitrogens is 3. The fourth-order valence-corrected chi connectivity index (χ4v) is 3.02. The molecule has 8 heteroatoms. The number of carbonyl (C=O) groups excluding carboxylic acids is 1. The Morgan fingerprint density at radius 2 is 1.97 bits per heavy atom. The number of pyridine rings is 1. The fourth-order valence-electron chi connectivity index (χ4n) is 3.02. The van der Waals surface area contributed by atoms with E-state index in [-0.39, 0.29) is 18.8 Å².